The number of carbonyl (C=O) groups excluding carboxylic acids is 1. The highest BCUT2D eigenvalue weighted by Crippen LogP contribution is 2.12. The van der Waals surface area contributed by atoms with Gasteiger partial charge < -0.3 is 10.2 Å². The third-order valence-corrected chi connectivity index (χ3v) is 2.65. The Morgan fingerprint density at radius 1 is 1.71 bits per heavy atom. The zero-order valence-corrected chi connectivity index (χ0v) is 8.96. The van der Waals surface area contributed by atoms with Gasteiger partial charge in [0.15, 0.2) is 0 Å². The molecule has 1 aliphatic heterocycles. The first-order valence-electron chi connectivity index (χ1n) is 5.28. The molecule has 0 radical (unpaired) electrons. The molecule has 3 heteroatoms. The third kappa shape index (κ3) is 3.92. The molecule has 0 aromatic rings. The summed E-state index contributed by atoms with van der Waals surface area (Å²) in [6, 6.07) is 0. The predicted octanol–water partition coefficient (Wildman–Crippen LogP) is 1.02. The van der Waals surface area contributed by atoms with Crippen LogP contribution < -0.4 is 5.32 Å². The minimum Gasteiger partial charge on any atom is -0.356 e. The van der Waals surface area contributed by atoms with Crippen molar-refractivity contribution in [1.29, 1.82) is 0 Å². The van der Waals surface area contributed by atoms with E-state index < -0.39 is 0 Å². The van der Waals surface area contributed by atoms with Crippen LogP contribution in [0.15, 0.2) is 12.7 Å². The summed E-state index contributed by atoms with van der Waals surface area (Å²) < 4.78 is 0. The molecular formula is C11H20N2O. The lowest BCUT2D eigenvalue weighted by Gasteiger charge is -2.11. The Morgan fingerprint density at radius 2 is 2.50 bits per heavy atom. The van der Waals surface area contributed by atoms with Crippen LogP contribution in [0.5, 0.6) is 0 Å². The average molecular weight is 196 g/mol. The Kier molecular flexibility index (Phi) is 4.66. The second-order valence-corrected chi connectivity index (χ2v) is 4.05. The molecule has 1 amide bonds. The van der Waals surface area contributed by atoms with Crippen LogP contribution in [0.3, 0.4) is 0 Å². The van der Waals surface area contributed by atoms with Gasteiger partial charge in [-0.15, -0.1) is 6.58 Å². The summed E-state index contributed by atoms with van der Waals surface area (Å²) in [6.45, 7) is 6.70. The molecule has 14 heavy (non-hydrogen) atoms. The van der Waals surface area contributed by atoms with E-state index in [2.05, 4.69) is 23.8 Å². The lowest BCUT2D eigenvalue weighted by molar-refractivity contribution is -0.121. The second-order valence-electron chi connectivity index (χ2n) is 4.05. The molecule has 1 rings (SSSR count). The van der Waals surface area contributed by atoms with Crippen LogP contribution in [-0.2, 0) is 4.79 Å². The molecule has 1 aliphatic rings. The topological polar surface area (TPSA) is 32.3 Å². The van der Waals surface area contributed by atoms with E-state index >= 15 is 0 Å². The molecule has 0 aromatic heterocycles. The SMILES string of the molecule is C=CCCC(=O)NC[C@H]1CCN(C)C1. The van der Waals surface area contributed by atoms with Crippen LogP contribution in [0.4, 0.5) is 0 Å². The summed E-state index contributed by atoms with van der Waals surface area (Å²) >= 11 is 0. The number of rotatable bonds is 5. The molecule has 0 saturated carbocycles. The number of hydrogen-bond acceptors (Lipinski definition) is 2. The largest absolute Gasteiger partial charge is 0.356 e. The molecular weight excluding hydrogens is 176 g/mol. The van der Waals surface area contributed by atoms with Crippen LogP contribution in [0.25, 0.3) is 0 Å². The molecule has 1 fully saturated rings. The van der Waals surface area contributed by atoms with E-state index in [1.54, 1.807) is 6.08 Å². The first-order chi connectivity index (χ1) is 6.72. The summed E-state index contributed by atoms with van der Waals surface area (Å²) in [5.41, 5.74) is 0. The van der Waals surface area contributed by atoms with Crippen molar-refractivity contribution in [1.82, 2.24) is 10.2 Å². The summed E-state index contributed by atoms with van der Waals surface area (Å²) in [7, 11) is 2.12. The van der Waals surface area contributed by atoms with Gasteiger partial charge in [-0.05, 0) is 32.4 Å². The van der Waals surface area contributed by atoms with Crippen molar-refractivity contribution in [2.24, 2.45) is 5.92 Å². The van der Waals surface area contributed by atoms with E-state index in [-0.39, 0.29) is 5.91 Å². The van der Waals surface area contributed by atoms with Gasteiger partial charge in [0.2, 0.25) is 5.91 Å². The van der Waals surface area contributed by atoms with Crippen molar-refractivity contribution in [2.75, 3.05) is 26.7 Å². The number of carbonyl (C=O) groups is 1. The zero-order valence-electron chi connectivity index (χ0n) is 8.96. The molecule has 0 aliphatic carbocycles. The van der Waals surface area contributed by atoms with Gasteiger partial charge in [-0.25, -0.2) is 0 Å². The van der Waals surface area contributed by atoms with Gasteiger partial charge in [-0.3, -0.25) is 4.79 Å². The molecule has 0 bridgehead atoms. The van der Waals surface area contributed by atoms with Crippen LogP contribution >= 0.6 is 0 Å². The quantitative estimate of drug-likeness (QED) is 0.666. The number of hydrogen-bond donors (Lipinski definition) is 1. The maximum atomic E-state index is 11.3. The smallest absolute Gasteiger partial charge is 0.220 e. The molecule has 1 heterocycles. The monoisotopic (exact) mass is 196 g/mol. The van der Waals surface area contributed by atoms with Crippen molar-refractivity contribution in [3.05, 3.63) is 12.7 Å². The fourth-order valence-electron chi connectivity index (χ4n) is 1.77. The molecule has 1 N–H and O–H groups in total. The maximum absolute atomic E-state index is 11.3. The van der Waals surface area contributed by atoms with Gasteiger partial charge in [0, 0.05) is 19.5 Å². The fraction of sp³-hybridized carbons (Fsp3) is 0.727. The highest BCUT2D eigenvalue weighted by atomic mass is 16.1. The van der Waals surface area contributed by atoms with Gasteiger partial charge in [-0.1, -0.05) is 6.08 Å². The first kappa shape index (κ1) is 11.2. The fourth-order valence-corrected chi connectivity index (χ4v) is 1.77. The van der Waals surface area contributed by atoms with Gasteiger partial charge >= 0.3 is 0 Å². The highest BCUT2D eigenvalue weighted by molar-refractivity contribution is 5.75. The number of nitrogens with one attached hydrogen (secondary N) is 1. The summed E-state index contributed by atoms with van der Waals surface area (Å²) in [5, 5.41) is 2.97. The van der Waals surface area contributed by atoms with Gasteiger partial charge in [0.05, 0.1) is 0 Å². The summed E-state index contributed by atoms with van der Waals surface area (Å²) in [5.74, 6) is 0.798. The Bertz CT molecular complexity index is 203. The molecule has 0 unspecified atom stereocenters. The maximum Gasteiger partial charge on any atom is 0.220 e. The Morgan fingerprint density at radius 3 is 3.07 bits per heavy atom. The standard InChI is InChI=1S/C11H20N2O/c1-3-4-5-11(14)12-8-10-6-7-13(2)9-10/h3,10H,1,4-9H2,2H3,(H,12,14)/t10-/m1/s1. The first-order valence-corrected chi connectivity index (χ1v) is 5.28. The van der Waals surface area contributed by atoms with E-state index in [9.17, 15) is 4.79 Å². The van der Waals surface area contributed by atoms with Crippen LogP contribution in [0, 0.1) is 5.92 Å². The van der Waals surface area contributed by atoms with Crippen LogP contribution in [-0.4, -0.2) is 37.5 Å². The van der Waals surface area contributed by atoms with E-state index in [0.29, 0.717) is 12.3 Å². The van der Waals surface area contributed by atoms with Gasteiger partial charge in [0.1, 0.15) is 0 Å². The molecule has 3 nitrogen and oxygen atoms in total. The number of likely N-dealkylation sites (tertiary alicyclic amines) is 1. The van der Waals surface area contributed by atoms with Crippen LogP contribution in [0.2, 0.25) is 0 Å². The Labute approximate surface area is 86.2 Å². The molecule has 1 atom stereocenters. The van der Waals surface area contributed by atoms with Crippen molar-refractivity contribution in [3.63, 3.8) is 0 Å². The van der Waals surface area contributed by atoms with E-state index in [1.807, 2.05) is 0 Å². The lowest BCUT2D eigenvalue weighted by atomic mass is 10.1. The molecule has 1 saturated heterocycles. The van der Waals surface area contributed by atoms with Crippen LogP contribution in [0.1, 0.15) is 19.3 Å². The van der Waals surface area contributed by atoms with E-state index in [0.717, 1.165) is 26.1 Å². The molecule has 80 valence electrons. The van der Waals surface area contributed by atoms with Gasteiger partial charge in [0.25, 0.3) is 0 Å². The van der Waals surface area contributed by atoms with Crippen molar-refractivity contribution in [3.8, 4) is 0 Å². The molecule has 0 aromatic carbocycles. The van der Waals surface area contributed by atoms with Crippen molar-refractivity contribution >= 4 is 5.91 Å². The van der Waals surface area contributed by atoms with Crippen molar-refractivity contribution in [2.45, 2.75) is 19.3 Å². The highest BCUT2D eigenvalue weighted by Gasteiger charge is 2.19. The van der Waals surface area contributed by atoms with E-state index in [1.165, 1.54) is 6.42 Å². The molecule has 0 spiro atoms. The average Bonchev–Trinajstić information content (AvgIpc) is 2.58. The summed E-state index contributed by atoms with van der Waals surface area (Å²) in [4.78, 5) is 13.6. The summed E-state index contributed by atoms with van der Waals surface area (Å²) in [6.07, 6.45) is 4.34. The Balaban J connectivity index is 2.08. The normalized spacial score (nSPS) is 22.2. The van der Waals surface area contributed by atoms with E-state index in [4.69, 9.17) is 0 Å². The predicted molar refractivity (Wildman–Crippen MR) is 58.0 cm³/mol. The minimum absolute atomic E-state index is 0.152. The minimum atomic E-state index is 0.152. The number of amides is 1. The number of nitrogens with zero attached hydrogens (tertiary/aromatic N) is 1. The van der Waals surface area contributed by atoms with Gasteiger partial charge in [-0.2, -0.15) is 0 Å². The zero-order chi connectivity index (χ0) is 10.4. The second kappa shape index (κ2) is 5.81. The lowest BCUT2D eigenvalue weighted by Crippen LogP contribution is -2.30. The number of allylic oxidation sites excluding steroid dienone is 1. The third-order valence-electron chi connectivity index (χ3n) is 2.65. The Hall–Kier alpha value is -0.830. The van der Waals surface area contributed by atoms with Crippen molar-refractivity contribution < 1.29 is 4.79 Å².